The largest absolute Gasteiger partial charge is 0.468 e. The number of carbonyl (C=O) groups is 1. The van der Waals surface area contributed by atoms with Gasteiger partial charge in [-0.05, 0) is 25.5 Å². The molecule has 0 saturated carbocycles. The SMILES string of the molecule is COC(=O)C(C)N(CCCN)Cc1ccccc1. The zero-order valence-electron chi connectivity index (χ0n) is 11.1. The fraction of sp³-hybridized carbons (Fsp3) is 0.500. The van der Waals surface area contributed by atoms with Crippen LogP contribution in [0.4, 0.5) is 0 Å². The molecule has 1 unspecified atom stereocenters. The Morgan fingerprint density at radius 1 is 1.39 bits per heavy atom. The van der Waals surface area contributed by atoms with Gasteiger partial charge >= 0.3 is 5.97 Å². The van der Waals surface area contributed by atoms with Crippen molar-refractivity contribution in [1.82, 2.24) is 4.90 Å². The minimum absolute atomic E-state index is 0.206. The van der Waals surface area contributed by atoms with Gasteiger partial charge in [-0.15, -0.1) is 0 Å². The number of hydrogen-bond acceptors (Lipinski definition) is 4. The molecule has 0 bridgehead atoms. The molecule has 100 valence electrons. The fourth-order valence-corrected chi connectivity index (χ4v) is 1.84. The van der Waals surface area contributed by atoms with E-state index in [1.54, 1.807) is 0 Å². The lowest BCUT2D eigenvalue weighted by atomic mass is 10.1. The molecule has 0 aliphatic rings. The van der Waals surface area contributed by atoms with Crippen molar-refractivity contribution in [2.24, 2.45) is 5.73 Å². The maximum Gasteiger partial charge on any atom is 0.322 e. The van der Waals surface area contributed by atoms with E-state index in [0.717, 1.165) is 19.5 Å². The monoisotopic (exact) mass is 250 g/mol. The van der Waals surface area contributed by atoms with Crippen LogP contribution in [-0.2, 0) is 16.1 Å². The number of esters is 1. The van der Waals surface area contributed by atoms with E-state index in [1.165, 1.54) is 12.7 Å². The van der Waals surface area contributed by atoms with E-state index in [1.807, 2.05) is 25.1 Å². The molecule has 4 nitrogen and oxygen atoms in total. The number of methoxy groups -OCH3 is 1. The standard InChI is InChI=1S/C14H22N2O2/c1-12(14(17)18-2)16(10-6-9-15)11-13-7-4-3-5-8-13/h3-5,7-8,12H,6,9-11,15H2,1-2H3. The molecule has 0 aromatic heterocycles. The van der Waals surface area contributed by atoms with Crippen LogP contribution in [0.5, 0.6) is 0 Å². The van der Waals surface area contributed by atoms with Crippen molar-refractivity contribution in [2.75, 3.05) is 20.2 Å². The van der Waals surface area contributed by atoms with Gasteiger partial charge in [0.05, 0.1) is 7.11 Å². The van der Waals surface area contributed by atoms with Crippen LogP contribution in [-0.4, -0.2) is 37.1 Å². The quantitative estimate of drug-likeness (QED) is 0.743. The second-order valence-corrected chi connectivity index (χ2v) is 4.30. The fourth-order valence-electron chi connectivity index (χ4n) is 1.84. The first-order chi connectivity index (χ1) is 8.69. The van der Waals surface area contributed by atoms with E-state index in [4.69, 9.17) is 10.5 Å². The predicted octanol–water partition coefficient (Wildman–Crippen LogP) is 1.40. The highest BCUT2D eigenvalue weighted by molar-refractivity contribution is 5.75. The number of nitrogens with zero attached hydrogens (tertiary/aromatic N) is 1. The van der Waals surface area contributed by atoms with Gasteiger partial charge in [-0.3, -0.25) is 9.69 Å². The summed E-state index contributed by atoms with van der Waals surface area (Å²) >= 11 is 0. The summed E-state index contributed by atoms with van der Waals surface area (Å²) in [6.45, 7) is 4.02. The van der Waals surface area contributed by atoms with Crippen LogP contribution in [0.15, 0.2) is 30.3 Å². The Balaban J connectivity index is 2.68. The van der Waals surface area contributed by atoms with Crippen LogP contribution in [0.1, 0.15) is 18.9 Å². The summed E-state index contributed by atoms with van der Waals surface area (Å²) in [4.78, 5) is 13.7. The van der Waals surface area contributed by atoms with Gasteiger partial charge < -0.3 is 10.5 Å². The highest BCUT2D eigenvalue weighted by Gasteiger charge is 2.21. The van der Waals surface area contributed by atoms with Gasteiger partial charge in [-0.2, -0.15) is 0 Å². The highest BCUT2D eigenvalue weighted by Crippen LogP contribution is 2.10. The summed E-state index contributed by atoms with van der Waals surface area (Å²) in [5, 5.41) is 0. The van der Waals surface area contributed by atoms with Crippen LogP contribution < -0.4 is 5.73 Å². The van der Waals surface area contributed by atoms with Gasteiger partial charge in [-0.1, -0.05) is 30.3 Å². The molecule has 0 saturated heterocycles. The van der Waals surface area contributed by atoms with Gasteiger partial charge in [-0.25, -0.2) is 0 Å². The summed E-state index contributed by atoms with van der Waals surface area (Å²) in [6.07, 6.45) is 0.869. The molecule has 0 radical (unpaired) electrons. The molecule has 2 N–H and O–H groups in total. The van der Waals surface area contributed by atoms with E-state index in [0.29, 0.717) is 6.54 Å². The molecule has 0 spiro atoms. The van der Waals surface area contributed by atoms with Crippen molar-refractivity contribution in [3.63, 3.8) is 0 Å². The Hall–Kier alpha value is -1.39. The van der Waals surface area contributed by atoms with E-state index in [9.17, 15) is 4.79 Å². The van der Waals surface area contributed by atoms with Gasteiger partial charge in [0.15, 0.2) is 0 Å². The molecule has 0 amide bonds. The molecule has 0 fully saturated rings. The molecule has 4 heteroatoms. The lowest BCUT2D eigenvalue weighted by Crippen LogP contribution is -2.40. The lowest BCUT2D eigenvalue weighted by Gasteiger charge is -2.27. The van der Waals surface area contributed by atoms with E-state index < -0.39 is 0 Å². The van der Waals surface area contributed by atoms with E-state index >= 15 is 0 Å². The normalized spacial score (nSPS) is 12.4. The minimum Gasteiger partial charge on any atom is -0.468 e. The maximum absolute atomic E-state index is 11.6. The second kappa shape index (κ2) is 7.84. The maximum atomic E-state index is 11.6. The molecular formula is C14H22N2O2. The molecule has 18 heavy (non-hydrogen) atoms. The van der Waals surface area contributed by atoms with Gasteiger partial charge in [0.1, 0.15) is 6.04 Å². The third-order valence-electron chi connectivity index (χ3n) is 2.97. The van der Waals surface area contributed by atoms with E-state index in [2.05, 4.69) is 17.0 Å². The summed E-state index contributed by atoms with van der Waals surface area (Å²) in [5.74, 6) is -0.206. The second-order valence-electron chi connectivity index (χ2n) is 4.30. The predicted molar refractivity (Wildman–Crippen MR) is 72.0 cm³/mol. The first-order valence-electron chi connectivity index (χ1n) is 6.25. The number of benzene rings is 1. The summed E-state index contributed by atoms with van der Waals surface area (Å²) in [7, 11) is 1.42. The smallest absolute Gasteiger partial charge is 0.322 e. The number of hydrogen-bond donors (Lipinski definition) is 1. The summed E-state index contributed by atoms with van der Waals surface area (Å²) < 4.78 is 4.80. The number of rotatable bonds is 7. The lowest BCUT2D eigenvalue weighted by molar-refractivity contribution is -0.146. The summed E-state index contributed by atoms with van der Waals surface area (Å²) in [5.41, 5.74) is 6.72. The Kier molecular flexibility index (Phi) is 6.39. The highest BCUT2D eigenvalue weighted by atomic mass is 16.5. The summed E-state index contributed by atoms with van der Waals surface area (Å²) in [6, 6.07) is 9.84. The van der Waals surface area contributed by atoms with Crippen LogP contribution >= 0.6 is 0 Å². The zero-order valence-corrected chi connectivity index (χ0v) is 11.1. The van der Waals surface area contributed by atoms with Crippen molar-refractivity contribution < 1.29 is 9.53 Å². The number of nitrogens with two attached hydrogens (primary N) is 1. The van der Waals surface area contributed by atoms with Crippen LogP contribution in [0.3, 0.4) is 0 Å². The van der Waals surface area contributed by atoms with Crippen molar-refractivity contribution in [2.45, 2.75) is 25.9 Å². The number of carbonyl (C=O) groups excluding carboxylic acids is 1. The Bertz CT molecular complexity index is 354. The Labute approximate surface area is 109 Å². The van der Waals surface area contributed by atoms with Crippen LogP contribution in [0.2, 0.25) is 0 Å². The van der Waals surface area contributed by atoms with E-state index in [-0.39, 0.29) is 12.0 Å². The minimum atomic E-state index is -0.248. The molecule has 1 aromatic carbocycles. The molecule has 0 aliphatic heterocycles. The first kappa shape index (κ1) is 14.7. The first-order valence-corrected chi connectivity index (χ1v) is 6.25. The van der Waals surface area contributed by atoms with Gasteiger partial charge in [0, 0.05) is 13.1 Å². The molecule has 0 heterocycles. The topological polar surface area (TPSA) is 55.6 Å². The zero-order chi connectivity index (χ0) is 13.4. The average molecular weight is 250 g/mol. The van der Waals surface area contributed by atoms with Crippen LogP contribution in [0.25, 0.3) is 0 Å². The number of ether oxygens (including phenoxy) is 1. The molecule has 1 rings (SSSR count). The third kappa shape index (κ3) is 4.47. The Morgan fingerprint density at radius 2 is 2.06 bits per heavy atom. The molecular weight excluding hydrogens is 228 g/mol. The Morgan fingerprint density at radius 3 is 2.61 bits per heavy atom. The van der Waals surface area contributed by atoms with Crippen molar-refractivity contribution in [1.29, 1.82) is 0 Å². The van der Waals surface area contributed by atoms with Gasteiger partial charge in [0.2, 0.25) is 0 Å². The van der Waals surface area contributed by atoms with Crippen molar-refractivity contribution in [3.8, 4) is 0 Å². The van der Waals surface area contributed by atoms with Crippen molar-refractivity contribution >= 4 is 5.97 Å². The third-order valence-corrected chi connectivity index (χ3v) is 2.97. The van der Waals surface area contributed by atoms with Crippen molar-refractivity contribution in [3.05, 3.63) is 35.9 Å². The van der Waals surface area contributed by atoms with Gasteiger partial charge in [0.25, 0.3) is 0 Å². The molecule has 1 atom stereocenters. The average Bonchev–Trinajstić information content (AvgIpc) is 2.42. The molecule has 1 aromatic rings. The van der Waals surface area contributed by atoms with Crippen LogP contribution in [0, 0.1) is 0 Å². The molecule has 0 aliphatic carbocycles.